The predicted octanol–water partition coefficient (Wildman–Crippen LogP) is 3.32. The molecule has 1 aliphatic heterocycles. The van der Waals surface area contributed by atoms with Crippen LogP contribution >= 0.6 is 23.4 Å². The third kappa shape index (κ3) is 2.90. The van der Waals surface area contributed by atoms with Gasteiger partial charge in [0, 0.05) is 6.04 Å². The molecule has 2 N–H and O–H groups in total. The van der Waals surface area contributed by atoms with Gasteiger partial charge in [-0.2, -0.15) is 0 Å². The van der Waals surface area contributed by atoms with Crippen molar-refractivity contribution in [2.75, 3.05) is 11.1 Å². The summed E-state index contributed by atoms with van der Waals surface area (Å²) in [5.74, 6) is -0.0331. The molecule has 0 fully saturated rings. The van der Waals surface area contributed by atoms with Crippen molar-refractivity contribution in [1.82, 2.24) is 9.78 Å². The molecule has 23 heavy (non-hydrogen) atoms. The van der Waals surface area contributed by atoms with Gasteiger partial charge in [0.1, 0.15) is 11.6 Å². The van der Waals surface area contributed by atoms with Crippen LogP contribution in [0, 0.1) is 5.82 Å². The number of hydrogen-bond donors (Lipinski definition) is 2. The lowest BCUT2D eigenvalue weighted by Crippen LogP contribution is -2.17. The minimum absolute atomic E-state index is 0.00657. The molecule has 0 aliphatic carbocycles. The molecule has 0 bridgehead atoms. The van der Waals surface area contributed by atoms with Crippen molar-refractivity contribution in [3.8, 4) is 0 Å². The van der Waals surface area contributed by atoms with Gasteiger partial charge in [0.05, 0.1) is 21.6 Å². The molecule has 1 unspecified atom stereocenters. The second-order valence-electron chi connectivity index (χ2n) is 5.58. The summed E-state index contributed by atoms with van der Waals surface area (Å²) < 4.78 is 15.1. The number of nitrogens with one attached hydrogen (secondary N) is 2. The van der Waals surface area contributed by atoms with Gasteiger partial charge in [-0.15, -0.1) is 11.8 Å². The Labute approximate surface area is 141 Å². The highest BCUT2D eigenvalue weighted by molar-refractivity contribution is 8.00. The number of anilines is 1. The number of aromatic nitrogens is 2. The van der Waals surface area contributed by atoms with Gasteiger partial charge < -0.3 is 5.32 Å². The van der Waals surface area contributed by atoms with Gasteiger partial charge in [-0.25, -0.2) is 4.39 Å². The van der Waals surface area contributed by atoms with Gasteiger partial charge in [-0.1, -0.05) is 17.7 Å². The number of thioether (sulfide) groups is 1. The average molecular weight is 356 g/mol. The number of hydrogen-bond acceptors (Lipinski definition) is 3. The average Bonchev–Trinajstić information content (AvgIpc) is 2.70. The van der Waals surface area contributed by atoms with Gasteiger partial charge in [-0.05, 0) is 31.5 Å². The maximum atomic E-state index is 13.4. The quantitative estimate of drug-likeness (QED) is 0.868. The number of carbonyl (C=O) groups is 1. The third-order valence-corrected chi connectivity index (χ3v) is 5.19. The van der Waals surface area contributed by atoms with E-state index in [-0.39, 0.29) is 28.3 Å². The van der Waals surface area contributed by atoms with Crippen LogP contribution in [-0.4, -0.2) is 21.4 Å². The molecule has 1 aromatic carbocycles. The lowest BCUT2D eigenvalue weighted by atomic mass is 10.1. The first-order valence-corrected chi connectivity index (χ1v) is 8.52. The van der Waals surface area contributed by atoms with Crippen molar-refractivity contribution in [2.45, 2.75) is 25.1 Å². The predicted molar refractivity (Wildman–Crippen MR) is 89.8 cm³/mol. The van der Waals surface area contributed by atoms with Crippen molar-refractivity contribution in [2.24, 2.45) is 0 Å². The number of carbonyl (C=O) groups excluding carboxylic acids is 1. The summed E-state index contributed by atoms with van der Waals surface area (Å²) in [7, 11) is 0. The molecule has 1 aliphatic rings. The summed E-state index contributed by atoms with van der Waals surface area (Å²) >= 11 is 7.18. The van der Waals surface area contributed by atoms with E-state index in [1.807, 2.05) is 13.8 Å². The minimum atomic E-state index is -0.517. The van der Waals surface area contributed by atoms with E-state index in [1.165, 1.54) is 23.9 Å². The monoisotopic (exact) mass is 355 g/mol. The third-order valence-electron chi connectivity index (χ3n) is 3.63. The summed E-state index contributed by atoms with van der Waals surface area (Å²) in [5, 5.41) is 5.13. The SMILES string of the molecule is CC(C)n1[nH]c(=O)c2c1NC(=O)CSC2c1ccc(F)c(Cl)c1. The van der Waals surface area contributed by atoms with Crippen LogP contribution in [0.2, 0.25) is 5.02 Å². The van der Waals surface area contributed by atoms with Gasteiger partial charge in [0.25, 0.3) is 5.56 Å². The van der Waals surface area contributed by atoms with E-state index >= 15 is 0 Å². The molecule has 1 atom stereocenters. The van der Waals surface area contributed by atoms with Crippen LogP contribution in [0.4, 0.5) is 10.2 Å². The van der Waals surface area contributed by atoms with Gasteiger partial charge in [0.2, 0.25) is 5.91 Å². The van der Waals surface area contributed by atoms with E-state index in [1.54, 1.807) is 10.7 Å². The number of benzene rings is 1. The summed E-state index contributed by atoms with van der Waals surface area (Å²) in [6, 6.07) is 4.34. The van der Waals surface area contributed by atoms with E-state index in [4.69, 9.17) is 11.6 Å². The fourth-order valence-electron chi connectivity index (χ4n) is 2.57. The van der Waals surface area contributed by atoms with Crippen molar-refractivity contribution in [3.63, 3.8) is 0 Å². The van der Waals surface area contributed by atoms with Crippen LogP contribution in [-0.2, 0) is 4.79 Å². The number of nitrogens with zero attached hydrogens (tertiary/aromatic N) is 1. The Morgan fingerprint density at radius 3 is 2.78 bits per heavy atom. The van der Waals surface area contributed by atoms with Crippen LogP contribution in [0.1, 0.15) is 36.3 Å². The number of rotatable bonds is 2. The highest BCUT2D eigenvalue weighted by atomic mass is 35.5. The molecule has 0 radical (unpaired) electrons. The normalized spacial score (nSPS) is 17.8. The molecule has 0 spiro atoms. The Kier molecular flexibility index (Phi) is 4.25. The number of fused-ring (bicyclic) bond motifs is 1. The second-order valence-corrected chi connectivity index (χ2v) is 7.08. The Morgan fingerprint density at radius 1 is 1.39 bits per heavy atom. The van der Waals surface area contributed by atoms with Crippen molar-refractivity contribution in [1.29, 1.82) is 0 Å². The van der Waals surface area contributed by atoms with Crippen LogP contribution in [0.15, 0.2) is 23.0 Å². The molecule has 1 aromatic heterocycles. The maximum absolute atomic E-state index is 13.4. The fraction of sp³-hybridized carbons (Fsp3) is 0.333. The van der Waals surface area contributed by atoms with Gasteiger partial charge in [0.15, 0.2) is 0 Å². The first kappa shape index (κ1) is 16.1. The zero-order valence-corrected chi connectivity index (χ0v) is 14.1. The summed E-state index contributed by atoms with van der Waals surface area (Å²) in [5.41, 5.74) is 0.872. The first-order chi connectivity index (χ1) is 10.9. The topological polar surface area (TPSA) is 66.9 Å². The first-order valence-electron chi connectivity index (χ1n) is 7.09. The van der Waals surface area contributed by atoms with E-state index < -0.39 is 11.1 Å². The number of aromatic amines is 1. The van der Waals surface area contributed by atoms with Crippen LogP contribution in [0.3, 0.4) is 0 Å². The second kappa shape index (κ2) is 6.05. The molecule has 1 amide bonds. The van der Waals surface area contributed by atoms with E-state index in [9.17, 15) is 14.0 Å². The van der Waals surface area contributed by atoms with Crippen LogP contribution < -0.4 is 10.9 Å². The lowest BCUT2D eigenvalue weighted by molar-refractivity contribution is -0.113. The lowest BCUT2D eigenvalue weighted by Gasteiger charge is -2.15. The Balaban J connectivity index is 2.18. The molecule has 0 saturated carbocycles. The van der Waals surface area contributed by atoms with Crippen LogP contribution in [0.5, 0.6) is 0 Å². The Bertz CT molecular complexity index is 831. The summed E-state index contributed by atoms with van der Waals surface area (Å²) in [4.78, 5) is 24.4. The fourth-order valence-corrected chi connectivity index (χ4v) is 3.87. The highest BCUT2D eigenvalue weighted by Gasteiger charge is 2.31. The molecule has 5 nitrogen and oxygen atoms in total. The maximum Gasteiger partial charge on any atom is 0.270 e. The zero-order valence-electron chi connectivity index (χ0n) is 12.5. The van der Waals surface area contributed by atoms with Gasteiger partial charge >= 0.3 is 0 Å². The molecule has 2 heterocycles. The van der Waals surface area contributed by atoms with E-state index in [0.717, 1.165) is 0 Å². The number of halogens is 2. The standard InChI is InChI=1S/C15H15ClFN3O2S/c1-7(2)20-14-12(15(22)19-20)13(23-6-11(21)18-14)8-3-4-10(17)9(16)5-8/h3-5,7,13H,6H2,1-2H3,(H,18,21)(H,19,22). The molecule has 122 valence electrons. The molecule has 0 saturated heterocycles. The summed E-state index contributed by atoms with van der Waals surface area (Å²) in [6.07, 6.45) is 0. The zero-order chi connectivity index (χ0) is 16.7. The molecular formula is C15H15ClFN3O2S. The minimum Gasteiger partial charge on any atom is -0.310 e. The van der Waals surface area contributed by atoms with Crippen LogP contribution in [0.25, 0.3) is 0 Å². The Morgan fingerprint density at radius 2 is 2.13 bits per heavy atom. The molecule has 3 rings (SSSR count). The summed E-state index contributed by atoms with van der Waals surface area (Å²) in [6.45, 7) is 3.81. The van der Waals surface area contributed by atoms with Crippen molar-refractivity contribution in [3.05, 3.63) is 50.5 Å². The van der Waals surface area contributed by atoms with Crippen molar-refractivity contribution >= 4 is 35.1 Å². The molecular weight excluding hydrogens is 341 g/mol. The number of amides is 1. The van der Waals surface area contributed by atoms with Crippen molar-refractivity contribution < 1.29 is 9.18 Å². The Hall–Kier alpha value is -1.73. The smallest absolute Gasteiger partial charge is 0.270 e. The largest absolute Gasteiger partial charge is 0.310 e. The van der Waals surface area contributed by atoms with E-state index in [2.05, 4.69) is 10.4 Å². The highest BCUT2D eigenvalue weighted by Crippen LogP contribution is 2.41. The van der Waals surface area contributed by atoms with E-state index in [0.29, 0.717) is 16.9 Å². The number of H-pyrrole nitrogens is 1. The van der Waals surface area contributed by atoms with Gasteiger partial charge in [-0.3, -0.25) is 19.4 Å². The molecule has 2 aromatic rings. The molecule has 8 heteroatoms.